The van der Waals surface area contributed by atoms with Crippen molar-refractivity contribution in [1.82, 2.24) is 4.90 Å². The first kappa shape index (κ1) is 19.3. The summed E-state index contributed by atoms with van der Waals surface area (Å²) in [5, 5.41) is 2.91. The van der Waals surface area contributed by atoms with Gasteiger partial charge in [0.2, 0.25) is 5.91 Å². The third kappa shape index (κ3) is 4.71. The molecule has 2 fully saturated rings. The Labute approximate surface area is 170 Å². The van der Waals surface area contributed by atoms with Crippen molar-refractivity contribution in [1.29, 1.82) is 0 Å². The fourth-order valence-electron chi connectivity index (χ4n) is 3.77. The maximum atomic E-state index is 12.8. The maximum Gasteiger partial charge on any atom is 0.279 e. The van der Waals surface area contributed by atoms with Crippen LogP contribution in [0.2, 0.25) is 0 Å². The molecule has 0 aromatic heterocycles. The Morgan fingerprint density at radius 1 is 0.931 bits per heavy atom. The van der Waals surface area contributed by atoms with Crippen molar-refractivity contribution in [2.75, 3.05) is 38.0 Å². The number of quaternary nitrogens is 1. The Kier molecular flexibility index (Phi) is 5.71. The van der Waals surface area contributed by atoms with Crippen LogP contribution in [0.25, 0.3) is 0 Å². The summed E-state index contributed by atoms with van der Waals surface area (Å²) in [4.78, 5) is 40.7. The third-order valence-corrected chi connectivity index (χ3v) is 5.60. The van der Waals surface area contributed by atoms with Crippen molar-refractivity contribution >= 4 is 23.3 Å². The SMILES string of the molecule is O=C(C[NH+]1CCN(C(=O)C2CC2)CC1)Nc1ccccc1C(=O)c1ccccc1. The van der Waals surface area contributed by atoms with Crippen molar-refractivity contribution < 1.29 is 19.3 Å². The van der Waals surface area contributed by atoms with Crippen LogP contribution in [0.3, 0.4) is 0 Å². The summed E-state index contributed by atoms with van der Waals surface area (Å²) in [5.41, 5.74) is 1.62. The van der Waals surface area contributed by atoms with E-state index in [2.05, 4.69) is 5.32 Å². The van der Waals surface area contributed by atoms with E-state index in [-0.39, 0.29) is 23.5 Å². The number of carbonyl (C=O) groups is 3. The van der Waals surface area contributed by atoms with E-state index in [1.165, 1.54) is 0 Å². The Hall–Kier alpha value is -2.99. The summed E-state index contributed by atoms with van der Waals surface area (Å²) in [6.07, 6.45) is 2.05. The highest BCUT2D eigenvalue weighted by Gasteiger charge is 2.35. The standard InChI is InChI=1S/C23H25N3O3/c27-21(16-25-12-14-26(15-13-25)23(29)18-10-11-18)24-20-9-5-4-8-19(20)22(28)17-6-2-1-3-7-17/h1-9,18H,10-16H2,(H,24,27)/p+1. The molecule has 150 valence electrons. The predicted molar refractivity (Wildman–Crippen MR) is 110 cm³/mol. The van der Waals surface area contributed by atoms with E-state index in [9.17, 15) is 14.4 Å². The number of anilines is 1. The highest BCUT2D eigenvalue weighted by Crippen LogP contribution is 2.30. The van der Waals surface area contributed by atoms with Crippen LogP contribution in [0.15, 0.2) is 54.6 Å². The lowest BCUT2D eigenvalue weighted by atomic mass is 10.0. The van der Waals surface area contributed by atoms with Gasteiger partial charge < -0.3 is 15.1 Å². The molecule has 0 radical (unpaired) electrons. The number of piperazine rings is 1. The molecule has 2 N–H and O–H groups in total. The fraction of sp³-hybridized carbons (Fsp3) is 0.348. The van der Waals surface area contributed by atoms with Crippen molar-refractivity contribution in [3.05, 3.63) is 65.7 Å². The second-order valence-corrected chi connectivity index (χ2v) is 7.82. The van der Waals surface area contributed by atoms with Crippen molar-refractivity contribution in [3.8, 4) is 0 Å². The van der Waals surface area contributed by atoms with Gasteiger partial charge in [0.25, 0.3) is 5.91 Å². The molecule has 1 saturated carbocycles. The summed E-state index contributed by atoms with van der Waals surface area (Å²) in [7, 11) is 0. The average molecular weight is 392 g/mol. The highest BCUT2D eigenvalue weighted by atomic mass is 16.2. The van der Waals surface area contributed by atoms with Gasteiger partial charge >= 0.3 is 0 Å². The number of hydrogen-bond donors (Lipinski definition) is 2. The minimum atomic E-state index is -0.115. The Balaban J connectivity index is 1.34. The number of amides is 2. The van der Waals surface area contributed by atoms with Gasteiger partial charge in [-0.1, -0.05) is 42.5 Å². The Morgan fingerprint density at radius 3 is 2.28 bits per heavy atom. The molecule has 1 aliphatic carbocycles. The smallest absolute Gasteiger partial charge is 0.279 e. The van der Waals surface area contributed by atoms with E-state index >= 15 is 0 Å². The molecule has 0 bridgehead atoms. The van der Waals surface area contributed by atoms with E-state index < -0.39 is 0 Å². The van der Waals surface area contributed by atoms with Crippen LogP contribution in [0.1, 0.15) is 28.8 Å². The zero-order valence-electron chi connectivity index (χ0n) is 16.4. The monoisotopic (exact) mass is 392 g/mol. The summed E-state index contributed by atoms with van der Waals surface area (Å²) >= 11 is 0. The molecule has 2 aromatic rings. The number of nitrogens with zero attached hydrogens (tertiary/aromatic N) is 1. The Morgan fingerprint density at radius 2 is 1.59 bits per heavy atom. The summed E-state index contributed by atoms with van der Waals surface area (Å²) < 4.78 is 0. The van der Waals surface area contributed by atoms with Crippen LogP contribution >= 0.6 is 0 Å². The van der Waals surface area contributed by atoms with Crippen LogP contribution < -0.4 is 10.2 Å². The number of rotatable bonds is 6. The molecule has 0 spiro atoms. The molecule has 1 heterocycles. The molecule has 2 aromatic carbocycles. The normalized spacial score (nSPS) is 17.0. The highest BCUT2D eigenvalue weighted by molar-refractivity contribution is 6.13. The summed E-state index contributed by atoms with van der Waals surface area (Å²) in [5.74, 6) is 0.302. The first-order chi connectivity index (χ1) is 14.1. The molecule has 0 atom stereocenters. The zero-order chi connectivity index (χ0) is 20.2. The molecule has 0 unspecified atom stereocenters. The molecule has 1 saturated heterocycles. The maximum absolute atomic E-state index is 12.8. The largest absolute Gasteiger partial charge is 0.331 e. The first-order valence-corrected chi connectivity index (χ1v) is 10.2. The molecule has 4 rings (SSSR count). The molecule has 6 nitrogen and oxygen atoms in total. The fourth-order valence-corrected chi connectivity index (χ4v) is 3.77. The lowest BCUT2D eigenvalue weighted by Crippen LogP contribution is -3.15. The van der Waals surface area contributed by atoms with Crippen molar-refractivity contribution in [3.63, 3.8) is 0 Å². The third-order valence-electron chi connectivity index (χ3n) is 5.60. The van der Waals surface area contributed by atoms with Gasteiger partial charge in [0.1, 0.15) is 0 Å². The number of nitrogens with one attached hydrogen (secondary N) is 2. The summed E-state index contributed by atoms with van der Waals surface area (Å²) in [6.45, 7) is 3.30. The zero-order valence-corrected chi connectivity index (χ0v) is 16.4. The molecule has 6 heteroatoms. The van der Waals surface area contributed by atoms with Gasteiger partial charge in [-0.2, -0.15) is 0 Å². The molecule has 29 heavy (non-hydrogen) atoms. The van der Waals surface area contributed by atoms with Crippen LogP contribution in [-0.2, 0) is 9.59 Å². The van der Waals surface area contributed by atoms with E-state index in [4.69, 9.17) is 0 Å². The van der Waals surface area contributed by atoms with Crippen LogP contribution in [-0.4, -0.2) is 55.2 Å². The number of benzene rings is 2. The molecule has 2 aliphatic rings. The van der Waals surface area contributed by atoms with Crippen molar-refractivity contribution in [2.24, 2.45) is 5.92 Å². The van der Waals surface area contributed by atoms with Gasteiger partial charge in [-0.25, -0.2) is 0 Å². The number of hydrogen-bond acceptors (Lipinski definition) is 3. The van der Waals surface area contributed by atoms with Gasteiger partial charge in [0.15, 0.2) is 12.3 Å². The molecule has 1 aliphatic heterocycles. The van der Waals surface area contributed by atoms with Crippen LogP contribution in [0.4, 0.5) is 5.69 Å². The van der Waals surface area contributed by atoms with Gasteiger partial charge in [-0.3, -0.25) is 14.4 Å². The second-order valence-electron chi connectivity index (χ2n) is 7.82. The Bertz CT molecular complexity index is 901. The lowest BCUT2D eigenvalue weighted by molar-refractivity contribution is -0.895. The molecular weight excluding hydrogens is 366 g/mol. The number of ketones is 1. The minimum absolute atomic E-state index is 0.110. The number of carbonyl (C=O) groups excluding carboxylic acids is 3. The molecular formula is C23H26N3O3+. The quantitative estimate of drug-likeness (QED) is 0.721. The second kappa shape index (κ2) is 8.57. The van der Waals surface area contributed by atoms with E-state index in [1.807, 2.05) is 29.2 Å². The van der Waals surface area contributed by atoms with Crippen LogP contribution in [0.5, 0.6) is 0 Å². The van der Waals surface area contributed by atoms with Gasteiger partial charge in [0.05, 0.1) is 31.9 Å². The topological polar surface area (TPSA) is 70.9 Å². The average Bonchev–Trinajstić information content (AvgIpc) is 3.60. The minimum Gasteiger partial charge on any atom is -0.331 e. The van der Waals surface area contributed by atoms with Crippen molar-refractivity contribution in [2.45, 2.75) is 12.8 Å². The van der Waals surface area contributed by atoms with E-state index in [0.717, 1.165) is 30.8 Å². The van der Waals surface area contributed by atoms with Gasteiger partial charge in [-0.15, -0.1) is 0 Å². The number of para-hydroxylation sites is 1. The van der Waals surface area contributed by atoms with E-state index in [0.29, 0.717) is 36.4 Å². The van der Waals surface area contributed by atoms with E-state index in [1.54, 1.807) is 30.3 Å². The van der Waals surface area contributed by atoms with Crippen LogP contribution in [0, 0.1) is 5.92 Å². The lowest BCUT2D eigenvalue weighted by Gasteiger charge is -2.32. The summed E-state index contributed by atoms with van der Waals surface area (Å²) in [6, 6.07) is 16.2. The predicted octanol–water partition coefficient (Wildman–Crippen LogP) is 0.993. The first-order valence-electron chi connectivity index (χ1n) is 10.2. The molecule has 2 amide bonds. The van der Waals surface area contributed by atoms with Gasteiger partial charge in [0, 0.05) is 17.0 Å². The van der Waals surface area contributed by atoms with Gasteiger partial charge in [-0.05, 0) is 25.0 Å².